The molecule has 0 unspecified atom stereocenters. The van der Waals surface area contributed by atoms with E-state index in [1.165, 1.54) is 11.8 Å². The Kier molecular flexibility index (Phi) is 2.00. The molecule has 0 saturated carbocycles. The molecule has 0 atom stereocenters. The molecule has 1 aromatic carbocycles. The Hall–Kier alpha value is -1.00. The van der Waals surface area contributed by atoms with E-state index in [1.54, 1.807) is 0 Å². The zero-order chi connectivity index (χ0) is 10.4. The van der Waals surface area contributed by atoms with Crippen molar-refractivity contribution >= 4 is 40.1 Å². The number of hydrogen-bond acceptors (Lipinski definition) is 3. The van der Waals surface area contributed by atoms with Crippen LogP contribution in [0.15, 0.2) is 28.1 Å². The van der Waals surface area contributed by atoms with Crippen LogP contribution < -0.4 is 4.90 Å². The van der Waals surface area contributed by atoms with Crippen LogP contribution in [0, 0.1) is 0 Å². The molecule has 0 spiro atoms. The van der Waals surface area contributed by atoms with Gasteiger partial charge in [-0.25, -0.2) is 0 Å². The zero-order valence-electron chi connectivity index (χ0n) is 7.74. The SMILES string of the molecule is O=C1CCN2C(=N1)Sc1cccc(Cl)c12. The Labute approximate surface area is 96.1 Å². The van der Waals surface area contributed by atoms with Crippen LogP contribution in [0.4, 0.5) is 5.69 Å². The van der Waals surface area contributed by atoms with Gasteiger partial charge in [-0.15, -0.1) is 0 Å². The summed E-state index contributed by atoms with van der Waals surface area (Å²) in [4.78, 5) is 18.3. The first-order chi connectivity index (χ1) is 7.25. The molecule has 3 nitrogen and oxygen atoms in total. The molecule has 0 radical (unpaired) electrons. The number of amides is 1. The second-order valence-corrected chi connectivity index (χ2v) is 4.79. The van der Waals surface area contributed by atoms with Gasteiger partial charge in [0.2, 0.25) is 5.91 Å². The number of carbonyl (C=O) groups excluding carboxylic acids is 1. The maximum absolute atomic E-state index is 11.2. The number of carbonyl (C=O) groups is 1. The quantitative estimate of drug-likeness (QED) is 0.696. The number of fused-ring (bicyclic) bond motifs is 3. The molecule has 0 aliphatic carbocycles. The fraction of sp³-hybridized carbons (Fsp3) is 0.200. The topological polar surface area (TPSA) is 32.7 Å². The molecule has 76 valence electrons. The van der Waals surface area contributed by atoms with E-state index in [0.29, 0.717) is 13.0 Å². The van der Waals surface area contributed by atoms with E-state index in [0.717, 1.165) is 20.8 Å². The Balaban J connectivity index is 2.15. The summed E-state index contributed by atoms with van der Waals surface area (Å²) in [6.45, 7) is 0.682. The third-order valence-corrected chi connectivity index (χ3v) is 3.77. The lowest BCUT2D eigenvalue weighted by atomic mass is 10.2. The second kappa shape index (κ2) is 3.25. The van der Waals surface area contributed by atoms with Gasteiger partial charge in [-0.2, -0.15) is 4.99 Å². The first-order valence-corrected chi connectivity index (χ1v) is 5.80. The van der Waals surface area contributed by atoms with Crippen molar-refractivity contribution in [3.8, 4) is 0 Å². The van der Waals surface area contributed by atoms with Crippen LogP contribution in [0.3, 0.4) is 0 Å². The maximum Gasteiger partial charge on any atom is 0.249 e. The van der Waals surface area contributed by atoms with Crippen LogP contribution in [0.25, 0.3) is 0 Å². The molecule has 0 bridgehead atoms. The van der Waals surface area contributed by atoms with Crippen LogP contribution in [0.2, 0.25) is 5.02 Å². The van der Waals surface area contributed by atoms with Gasteiger partial charge in [0.1, 0.15) is 0 Å². The molecule has 2 aliphatic rings. The standard InChI is InChI=1S/C10H7ClN2OS/c11-6-2-1-3-7-9(6)13-5-4-8(14)12-10(13)15-7/h1-3H,4-5H2. The van der Waals surface area contributed by atoms with E-state index in [1.807, 2.05) is 23.1 Å². The Bertz CT molecular complexity index is 486. The van der Waals surface area contributed by atoms with Crippen molar-refractivity contribution in [2.45, 2.75) is 11.3 Å². The number of amidine groups is 1. The number of hydrogen-bond donors (Lipinski definition) is 0. The van der Waals surface area contributed by atoms with Crippen molar-refractivity contribution in [1.82, 2.24) is 0 Å². The van der Waals surface area contributed by atoms with Crippen molar-refractivity contribution in [1.29, 1.82) is 0 Å². The van der Waals surface area contributed by atoms with Crippen LogP contribution in [-0.4, -0.2) is 17.6 Å². The van der Waals surface area contributed by atoms with Gasteiger partial charge in [0.05, 0.1) is 10.7 Å². The number of para-hydroxylation sites is 1. The van der Waals surface area contributed by atoms with E-state index in [2.05, 4.69) is 4.99 Å². The van der Waals surface area contributed by atoms with Crippen LogP contribution >= 0.6 is 23.4 Å². The molecule has 0 fully saturated rings. The van der Waals surface area contributed by atoms with Gasteiger partial charge in [-0.05, 0) is 23.9 Å². The number of anilines is 1. The number of rotatable bonds is 0. The predicted molar refractivity (Wildman–Crippen MR) is 61.7 cm³/mol. The van der Waals surface area contributed by atoms with Crippen molar-refractivity contribution in [2.24, 2.45) is 4.99 Å². The van der Waals surface area contributed by atoms with Crippen molar-refractivity contribution < 1.29 is 4.79 Å². The molecular weight excluding hydrogens is 232 g/mol. The molecule has 0 saturated heterocycles. The van der Waals surface area contributed by atoms with Gasteiger partial charge in [-0.3, -0.25) is 4.79 Å². The van der Waals surface area contributed by atoms with E-state index in [-0.39, 0.29) is 5.91 Å². The van der Waals surface area contributed by atoms with Gasteiger partial charge in [-0.1, -0.05) is 17.7 Å². The highest BCUT2D eigenvalue weighted by Gasteiger charge is 2.32. The second-order valence-electron chi connectivity index (χ2n) is 3.38. The lowest BCUT2D eigenvalue weighted by molar-refractivity contribution is -0.117. The number of nitrogens with zero attached hydrogens (tertiary/aromatic N) is 2. The van der Waals surface area contributed by atoms with Crippen LogP contribution in [0.5, 0.6) is 0 Å². The minimum Gasteiger partial charge on any atom is -0.318 e. The summed E-state index contributed by atoms with van der Waals surface area (Å²) >= 11 is 7.64. The minimum absolute atomic E-state index is 0.0438. The minimum atomic E-state index is -0.0438. The van der Waals surface area contributed by atoms with Crippen LogP contribution in [0.1, 0.15) is 6.42 Å². The van der Waals surface area contributed by atoms with Gasteiger partial charge in [0.25, 0.3) is 0 Å². The summed E-state index contributed by atoms with van der Waals surface area (Å²) in [6.07, 6.45) is 0.467. The van der Waals surface area contributed by atoms with E-state index in [4.69, 9.17) is 11.6 Å². The number of benzene rings is 1. The highest BCUT2D eigenvalue weighted by molar-refractivity contribution is 8.14. The summed E-state index contributed by atoms with van der Waals surface area (Å²) in [7, 11) is 0. The fourth-order valence-electron chi connectivity index (χ4n) is 1.75. The Morgan fingerprint density at radius 1 is 1.47 bits per heavy atom. The molecule has 15 heavy (non-hydrogen) atoms. The summed E-state index contributed by atoms with van der Waals surface area (Å²) in [5.41, 5.74) is 0.996. The maximum atomic E-state index is 11.2. The van der Waals surface area contributed by atoms with Gasteiger partial charge in [0.15, 0.2) is 5.17 Å². The zero-order valence-corrected chi connectivity index (χ0v) is 9.31. The predicted octanol–water partition coefficient (Wildman–Crippen LogP) is 2.54. The number of halogens is 1. The molecule has 3 rings (SSSR count). The largest absolute Gasteiger partial charge is 0.318 e. The van der Waals surface area contributed by atoms with Crippen LogP contribution in [-0.2, 0) is 4.79 Å². The Morgan fingerprint density at radius 2 is 2.33 bits per heavy atom. The molecule has 1 amide bonds. The highest BCUT2D eigenvalue weighted by atomic mass is 35.5. The highest BCUT2D eigenvalue weighted by Crippen LogP contribution is 2.45. The molecule has 0 aromatic heterocycles. The molecular formula is C10H7ClN2OS. The van der Waals surface area contributed by atoms with E-state index in [9.17, 15) is 4.79 Å². The summed E-state index contributed by atoms with van der Waals surface area (Å²) in [5.74, 6) is -0.0438. The van der Waals surface area contributed by atoms with Gasteiger partial charge < -0.3 is 4.90 Å². The number of thioether (sulfide) groups is 1. The van der Waals surface area contributed by atoms with E-state index >= 15 is 0 Å². The summed E-state index contributed by atoms with van der Waals surface area (Å²) < 4.78 is 0. The lowest BCUT2D eigenvalue weighted by Gasteiger charge is -2.22. The molecule has 2 aliphatic heterocycles. The molecule has 0 N–H and O–H groups in total. The van der Waals surface area contributed by atoms with Crippen molar-refractivity contribution in [2.75, 3.05) is 11.4 Å². The fourth-order valence-corrected chi connectivity index (χ4v) is 3.18. The summed E-state index contributed by atoms with van der Waals surface area (Å²) in [6, 6.07) is 5.77. The monoisotopic (exact) mass is 238 g/mol. The van der Waals surface area contributed by atoms with Crippen molar-refractivity contribution in [3.63, 3.8) is 0 Å². The number of aliphatic imine (C=N–C) groups is 1. The van der Waals surface area contributed by atoms with E-state index < -0.39 is 0 Å². The van der Waals surface area contributed by atoms with Gasteiger partial charge in [0, 0.05) is 17.9 Å². The van der Waals surface area contributed by atoms with Crippen molar-refractivity contribution in [3.05, 3.63) is 23.2 Å². The average Bonchev–Trinajstić information content (AvgIpc) is 2.56. The normalized spacial score (nSPS) is 18.6. The third kappa shape index (κ3) is 1.36. The Morgan fingerprint density at radius 3 is 3.20 bits per heavy atom. The van der Waals surface area contributed by atoms with Gasteiger partial charge >= 0.3 is 0 Å². The smallest absolute Gasteiger partial charge is 0.249 e. The third-order valence-electron chi connectivity index (χ3n) is 2.42. The molecule has 1 aromatic rings. The first-order valence-electron chi connectivity index (χ1n) is 4.61. The lowest BCUT2D eigenvalue weighted by Crippen LogP contribution is -2.32. The first kappa shape index (κ1) is 9.24. The molecule has 5 heteroatoms. The average molecular weight is 239 g/mol. The molecule has 2 heterocycles. The summed E-state index contributed by atoms with van der Waals surface area (Å²) in [5, 5.41) is 1.48.